The molecular weight excluding hydrogens is 685 g/mol. The van der Waals surface area contributed by atoms with Crippen LogP contribution in [-0.4, -0.2) is 0 Å². The molecule has 10 aromatic carbocycles. The standard InChI is InChI=1S/C52H36N2O2/c1-5-14-39(15-6-1)53(41-28-30-45(31-29-41)55-43-19-9-3-10-20-43)49-34-26-37-24-25-38-27-35-50(48-33-32-47(49)51(37)52(38)48)54(40-16-7-2-8-17-40)42-18-13-23-46(36-42)56-44-21-11-4-12-22-44/h1-36H. The van der Waals surface area contributed by atoms with Crippen LogP contribution in [0.5, 0.6) is 23.0 Å². The lowest BCUT2D eigenvalue weighted by Crippen LogP contribution is -2.11. The molecule has 0 amide bonds. The SMILES string of the molecule is c1ccc(Oc2ccc(N(c3ccccc3)c3ccc4ccc5ccc(N(c6ccccc6)c6cccc(Oc7ccccc7)c6)c6ccc3c4c56)cc2)cc1. The third kappa shape index (κ3) is 6.19. The number of hydrogen-bond acceptors (Lipinski definition) is 4. The second-order valence-electron chi connectivity index (χ2n) is 13.8. The van der Waals surface area contributed by atoms with Crippen LogP contribution in [0.2, 0.25) is 0 Å². The topological polar surface area (TPSA) is 24.9 Å². The van der Waals surface area contributed by atoms with Crippen molar-refractivity contribution in [3.63, 3.8) is 0 Å². The summed E-state index contributed by atoms with van der Waals surface area (Å²) in [4.78, 5) is 4.67. The van der Waals surface area contributed by atoms with E-state index in [0.717, 1.165) is 57.1 Å². The van der Waals surface area contributed by atoms with Crippen molar-refractivity contribution < 1.29 is 9.47 Å². The molecule has 0 aliphatic heterocycles. The van der Waals surface area contributed by atoms with Crippen molar-refractivity contribution >= 4 is 66.4 Å². The van der Waals surface area contributed by atoms with Gasteiger partial charge in [0.15, 0.2) is 0 Å². The van der Waals surface area contributed by atoms with Crippen LogP contribution >= 0.6 is 0 Å². The van der Waals surface area contributed by atoms with Gasteiger partial charge < -0.3 is 19.3 Å². The van der Waals surface area contributed by atoms with Crippen LogP contribution in [0.4, 0.5) is 34.1 Å². The van der Waals surface area contributed by atoms with E-state index in [1.807, 2.05) is 78.9 Å². The van der Waals surface area contributed by atoms with Crippen LogP contribution in [0.25, 0.3) is 32.3 Å². The van der Waals surface area contributed by atoms with Gasteiger partial charge >= 0.3 is 0 Å². The number of para-hydroxylation sites is 4. The molecule has 0 bridgehead atoms. The van der Waals surface area contributed by atoms with Gasteiger partial charge in [-0.05, 0) is 119 Å². The van der Waals surface area contributed by atoms with E-state index < -0.39 is 0 Å². The van der Waals surface area contributed by atoms with Crippen molar-refractivity contribution in [1.82, 2.24) is 0 Å². The molecule has 0 saturated heterocycles. The molecule has 0 aliphatic carbocycles. The Kier molecular flexibility index (Phi) is 8.47. The van der Waals surface area contributed by atoms with E-state index >= 15 is 0 Å². The average molecular weight is 721 g/mol. The molecule has 0 spiro atoms. The van der Waals surface area contributed by atoms with E-state index in [4.69, 9.17) is 9.47 Å². The Hall–Kier alpha value is -7.56. The van der Waals surface area contributed by atoms with Gasteiger partial charge in [-0.15, -0.1) is 0 Å². The van der Waals surface area contributed by atoms with Crippen LogP contribution < -0.4 is 19.3 Å². The molecule has 10 rings (SSSR count). The summed E-state index contributed by atoms with van der Waals surface area (Å²) in [5.74, 6) is 3.18. The monoisotopic (exact) mass is 720 g/mol. The van der Waals surface area contributed by atoms with E-state index in [0.29, 0.717) is 0 Å². The van der Waals surface area contributed by atoms with Crippen LogP contribution in [-0.2, 0) is 0 Å². The summed E-state index contributed by atoms with van der Waals surface area (Å²) in [7, 11) is 0. The Labute approximate surface area is 326 Å². The maximum Gasteiger partial charge on any atom is 0.129 e. The van der Waals surface area contributed by atoms with Crippen molar-refractivity contribution in [2.75, 3.05) is 9.80 Å². The summed E-state index contributed by atoms with van der Waals surface area (Å²) >= 11 is 0. The van der Waals surface area contributed by atoms with Crippen LogP contribution in [0.1, 0.15) is 0 Å². The lowest BCUT2D eigenvalue weighted by Gasteiger charge is -2.29. The van der Waals surface area contributed by atoms with Crippen LogP contribution in [0, 0.1) is 0 Å². The van der Waals surface area contributed by atoms with E-state index in [1.54, 1.807) is 0 Å². The average Bonchev–Trinajstić information content (AvgIpc) is 3.26. The molecule has 0 aliphatic rings. The molecule has 0 radical (unpaired) electrons. The lowest BCUT2D eigenvalue weighted by molar-refractivity contribution is 0.482. The smallest absolute Gasteiger partial charge is 0.129 e. The zero-order chi connectivity index (χ0) is 37.3. The summed E-state index contributed by atoms with van der Waals surface area (Å²) < 4.78 is 12.5. The fraction of sp³-hybridized carbons (Fsp3) is 0. The first-order valence-electron chi connectivity index (χ1n) is 18.8. The molecule has 0 heterocycles. The first-order valence-corrected chi connectivity index (χ1v) is 18.8. The van der Waals surface area contributed by atoms with Gasteiger partial charge in [0, 0.05) is 39.6 Å². The van der Waals surface area contributed by atoms with E-state index in [2.05, 4.69) is 149 Å². The number of hydrogen-bond donors (Lipinski definition) is 0. The van der Waals surface area contributed by atoms with Gasteiger partial charge in [-0.1, -0.05) is 115 Å². The molecule has 10 aromatic rings. The fourth-order valence-electron chi connectivity index (χ4n) is 7.77. The highest BCUT2D eigenvalue weighted by atomic mass is 16.5. The number of anilines is 6. The van der Waals surface area contributed by atoms with E-state index in [1.165, 1.54) is 32.3 Å². The Balaban J connectivity index is 1.13. The number of nitrogens with zero attached hydrogens (tertiary/aromatic N) is 2. The molecule has 56 heavy (non-hydrogen) atoms. The summed E-state index contributed by atoms with van der Waals surface area (Å²) in [5, 5.41) is 7.21. The molecule has 0 unspecified atom stereocenters. The van der Waals surface area contributed by atoms with E-state index in [-0.39, 0.29) is 0 Å². The molecular formula is C52H36N2O2. The largest absolute Gasteiger partial charge is 0.457 e. The van der Waals surface area contributed by atoms with E-state index in [9.17, 15) is 0 Å². The number of benzene rings is 10. The van der Waals surface area contributed by atoms with Crippen molar-refractivity contribution in [2.24, 2.45) is 0 Å². The first kappa shape index (κ1) is 33.0. The molecule has 266 valence electrons. The zero-order valence-corrected chi connectivity index (χ0v) is 30.5. The number of ether oxygens (including phenoxy) is 2. The maximum atomic E-state index is 6.32. The van der Waals surface area contributed by atoms with Crippen LogP contribution in [0.15, 0.2) is 218 Å². The summed E-state index contributed by atoms with van der Waals surface area (Å²) in [6.45, 7) is 0. The fourth-order valence-corrected chi connectivity index (χ4v) is 7.77. The van der Waals surface area contributed by atoms with Crippen LogP contribution in [0.3, 0.4) is 0 Å². The molecule has 0 saturated carbocycles. The first-order chi connectivity index (χ1) is 27.8. The minimum Gasteiger partial charge on any atom is -0.457 e. The molecule has 4 heteroatoms. The molecule has 0 fully saturated rings. The normalized spacial score (nSPS) is 11.2. The molecule has 0 N–H and O–H groups in total. The van der Waals surface area contributed by atoms with Crippen molar-refractivity contribution in [3.8, 4) is 23.0 Å². The predicted molar refractivity (Wildman–Crippen MR) is 233 cm³/mol. The van der Waals surface area contributed by atoms with Crippen molar-refractivity contribution in [1.29, 1.82) is 0 Å². The van der Waals surface area contributed by atoms with Gasteiger partial charge in [-0.2, -0.15) is 0 Å². The third-order valence-electron chi connectivity index (χ3n) is 10.3. The highest BCUT2D eigenvalue weighted by molar-refractivity contribution is 6.28. The summed E-state index contributed by atoms with van der Waals surface area (Å²) in [6.07, 6.45) is 0. The summed E-state index contributed by atoms with van der Waals surface area (Å²) in [5.41, 5.74) is 6.39. The predicted octanol–water partition coefficient (Wildman–Crippen LogP) is 15.1. The quantitative estimate of drug-likeness (QED) is 0.131. The minimum atomic E-state index is 0.776. The Morgan fingerprint density at radius 2 is 0.643 bits per heavy atom. The zero-order valence-electron chi connectivity index (χ0n) is 30.5. The van der Waals surface area contributed by atoms with Crippen molar-refractivity contribution in [2.45, 2.75) is 0 Å². The highest BCUT2D eigenvalue weighted by Gasteiger charge is 2.22. The van der Waals surface area contributed by atoms with Gasteiger partial charge in [0.25, 0.3) is 0 Å². The molecule has 0 aromatic heterocycles. The lowest BCUT2D eigenvalue weighted by atomic mass is 9.91. The Morgan fingerprint density at radius 1 is 0.268 bits per heavy atom. The van der Waals surface area contributed by atoms with Gasteiger partial charge in [-0.3, -0.25) is 0 Å². The van der Waals surface area contributed by atoms with Gasteiger partial charge in [0.1, 0.15) is 23.0 Å². The Bertz CT molecular complexity index is 2900. The maximum absolute atomic E-state index is 6.32. The summed E-state index contributed by atoms with van der Waals surface area (Å²) in [6, 6.07) is 75.7. The van der Waals surface area contributed by atoms with Crippen molar-refractivity contribution in [3.05, 3.63) is 218 Å². The molecule has 4 nitrogen and oxygen atoms in total. The Morgan fingerprint density at radius 3 is 1.16 bits per heavy atom. The van der Waals surface area contributed by atoms with Gasteiger partial charge in [0.05, 0.1) is 11.4 Å². The third-order valence-corrected chi connectivity index (χ3v) is 10.3. The molecule has 0 atom stereocenters. The second-order valence-corrected chi connectivity index (χ2v) is 13.8. The van der Waals surface area contributed by atoms with Gasteiger partial charge in [-0.25, -0.2) is 0 Å². The number of rotatable bonds is 10. The second kappa shape index (κ2) is 14.3. The minimum absolute atomic E-state index is 0.776. The van der Waals surface area contributed by atoms with Gasteiger partial charge in [0.2, 0.25) is 0 Å². The highest BCUT2D eigenvalue weighted by Crippen LogP contribution is 2.48.